The molecule has 1 aromatic heterocycles. The molecule has 86 valence electrons. The van der Waals surface area contributed by atoms with Crippen molar-refractivity contribution in [2.24, 2.45) is 12.5 Å². The Bertz CT molecular complexity index is 301. The van der Waals surface area contributed by atoms with Crippen LogP contribution in [0.4, 0.5) is 0 Å². The van der Waals surface area contributed by atoms with Gasteiger partial charge in [0.2, 0.25) is 0 Å². The molecular weight excluding hydrogens is 190 g/mol. The van der Waals surface area contributed by atoms with Gasteiger partial charge in [0.25, 0.3) is 0 Å². The Hall–Kier alpha value is -0.870. The molecule has 4 nitrogen and oxygen atoms in total. The lowest BCUT2D eigenvalue weighted by molar-refractivity contribution is 0.157. The van der Waals surface area contributed by atoms with E-state index >= 15 is 0 Å². The van der Waals surface area contributed by atoms with E-state index in [1.807, 2.05) is 19.3 Å². The first-order valence-corrected chi connectivity index (χ1v) is 5.26. The molecule has 1 aromatic rings. The summed E-state index contributed by atoms with van der Waals surface area (Å²) in [5, 5.41) is 16.8. The van der Waals surface area contributed by atoms with Crippen molar-refractivity contribution in [1.82, 2.24) is 15.1 Å². The standard InChI is InChI=1S/C11H21N3O/c1-11(2,3)10(8-15)12-7-9-5-6-14(4)13-9/h5-6,10,12,15H,7-8H2,1-4H3. The molecule has 0 aliphatic rings. The van der Waals surface area contributed by atoms with E-state index < -0.39 is 0 Å². The maximum atomic E-state index is 9.26. The minimum Gasteiger partial charge on any atom is -0.395 e. The summed E-state index contributed by atoms with van der Waals surface area (Å²) in [6.45, 7) is 7.18. The van der Waals surface area contributed by atoms with Crippen LogP contribution in [0.25, 0.3) is 0 Å². The van der Waals surface area contributed by atoms with E-state index in [-0.39, 0.29) is 18.1 Å². The van der Waals surface area contributed by atoms with Crippen molar-refractivity contribution in [3.8, 4) is 0 Å². The summed E-state index contributed by atoms with van der Waals surface area (Å²) < 4.78 is 1.78. The van der Waals surface area contributed by atoms with E-state index in [4.69, 9.17) is 0 Å². The van der Waals surface area contributed by atoms with E-state index in [1.54, 1.807) is 4.68 Å². The Morgan fingerprint density at radius 2 is 2.20 bits per heavy atom. The fraction of sp³-hybridized carbons (Fsp3) is 0.727. The molecule has 0 aromatic carbocycles. The molecule has 0 amide bonds. The van der Waals surface area contributed by atoms with Crippen molar-refractivity contribution >= 4 is 0 Å². The van der Waals surface area contributed by atoms with Gasteiger partial charge in [0, 0.05) is 25.8 Å². The second kappa shape index (κ2) is 4.77. The van der Waals surface area contributed by atoms with Crippen molar-refractivity contribution in [2.45, 2.75) is 33.4 Å². The highest BCUT2D eigenvalue weighted by Crippen LogP contribution is 2.18. The fourth-order valence-corrected chi connectivity index (χ4v) is 1.43. The molecule has 2 N–H and O–H groups in total. The van der Waals surface area contributed by atoms with Gasteiger partial charge < -0.3 is 10.4 Å². The van der Waals surface area contributed by atoms with Crippen LogP contribution < -0.4 is 5.32 Å². The number of hydrogen-bond donors (Lipinski definition) is 2. The minimum absolute atomic E-state index is 0.0591. The second-order valence-corrected chi connectivity index (χ2v) is 4.96. The predicted octanol–water partition coefficient (Wildman–Crippen LogP) is 0.917. The Kier molecular flexibility index (Phi) is 3.88. The molecule has 0 aliphatic heterocycles. The molecule has 1 heterocycles. The van der Waals surface area contributed by atoms with Gasteiger partial charge in [0.05, 0.1) is 12.3 Å². The highest BCUT2D eigenvalue weighted by molar-refractivity contribution is 4.98. The van der Waals surface area contributed by atoms with E-state index in [2.05, 4.69) is 31.2 Å². The first-order valence-electron chi connectivity index (χ1n) is 5.26. The SMILES string of the molecule is Cn1ccc(CNC(CO)C(C)(C)C)n1. The van der Waals surface area contributed by atoms with Gasteiger partial charge in [0.15, 0.2) is 0 Å². The van der Waals surface area contributed by atoms with Crippen LogP contribution in [-0.4, -0.2) is 27.5 Å². The molecule has 4 heteroatoms. The third-order valence-corrected chi connectivity index (χ3v) is 2.53. The predicted molar refractivity (Wildman–Crippen MR) is 60.4 cm³/mol. The molecule has 1 unspecified atom stereocenters. The number of nitrogens with one attached hydrogen (secondary N) is 1. The van der Waals surface area contributed by atoms with Crippen LogP contribution in [0.1, 0.15) is 26.5 Å². The third kappa shape index (κ3) is 3.64. The Labute approximate surface area is 91.3 Å². The molecule has 15 heavy (non-hydrogen) atoms. The van der Waals surface area contributed by atoms with Gasteiger partial charge in [-0.2, -0.15) is 5.10 Å². The molecule has 0 radical (unpaired) electrons. The van der Waals surface area contributed by atoms with Gasteiger partial charge >= 0.3 is 0 Å². The molecule has 1 atom stereocenters. The average molecular weight is 211 g/mol. The molecular formula is C11H21N3O. The minimum atomic E-state index is 0.0591. The van der Waals surface area contributed by atoms with E-state index in [0.717, 1.165) is 5.69 Å². The van der Waals surface area contributed by atoms with Crippen molar-refractivity contribution < 1.29 is 5.11 Å². The van der Waals surface area contributed by atoms with Crippen molar-refractivity contribution in [1.29, 1.82) is 0 Å². The van der Waals surface area contributed by atoms with Crippen LogP contribution in [0.2, 0.25) is 0 Å². The lowest BCUT2D eigenvalue weighted by Gasteiger charge is -2.29. The summed E-state index contributed by atoms with van der Waals surface area (Å²) in [5.41, 5.74) is 1.06. The van der Waals surface area contributed by atoms with Crippen molar-refractivity contribution in [2.75, 3.05) is 6.61 Å². The Morgan fingerprint density at radius 3 is 2.60 bits per heavy atom. The molecule has 1 rings (SSSR count). The lowest BCUT2D eigenvalue weighted by atomic mass is 9.87. The van der Waals surface area contributed by atoms with Gasteiger partial charge in [-0.3, -0.25) is 4.68 Å². The zero-order valence-electron chi connectivity index (χ0n) is 9.99. The number of aliphatic hydroxyl groups is 1. The van der Waals surface area contributed by atoms with Crippen LogP contribution >= 0.6 is 0 Å². The molecule has 0 saturated carbocycles. The third-order valence-electron chi connectivity index (χ3n) is 2.53. The maximum Gasteiger partial charge on any atom is 0.0762 e. The summed E-state index contributed by atoms with van der Waals surface area (Å²) in [6.07, 6.45) is 1.92. The Morgan fingerprint density at radius 1 is 1.53 bits per heavy atom. The second-order valence-electron chi connectivity index (χ2n) is 4.96. The molecule has 0 aliphatic carbocycles. The number of rotatable bonds is 4. The highest BCUT2D eigenvalue weighted by atomic mass is 16.3. The van der Waals surface area contributed by atoms with Crippen LogP contribution in [0.5, 0.6) is 0 Å². The number of aryl methyl sites for hydroxylation is 1. The van der Waals surface area contributed by atoms with E-state index in [0.29, 0.717) is 6.54 Å². The topological polar surface area (TPSA) is 50.1 Å². The maximum absolute atomic E-state index is 9.26. The smallest absolute Gasteiger partial charge is 0.0762 e. The largest absolute Gasteiger partial charge is 0.395 e. The summed E-state index contributed by atoms with van der Waals surface area (Å²) in [6, 6.07) is 2.07. The average Bonchev–Trinajstić information content (AvgIpc) is 2.50. The van der Waals surface area contributed by atoms with E-state index in [9.17, 15) is 5.11 Å². The summed E-state index contributed by atoms with van der Waals surface area (Å²) in [7, 11) is 1.90. The van der Waals surface area contributed by atoms with Gasteiger partial charge in [-0.25, -0.2) is 0 Å². The molecule has 0 spiro atoms. The van der Waals surface area contributed by atoms with Crippen LogP contribution in [0.3, 0.4) is 0 Å². The number of aliphatic hydroxyl groups excluding tert-OH is 1. The zero-order valence-corrected chi connectivity index (χ0v) is 9.99. The van der Waals surface area contributed by atoms with Gasteiger partial charge in [-0.05, 0) is 11.5 Å². The summed E-state index contributed by atoms with van der Waals surface area (Å²) in [4.78, 5) is 0. The monoisotopic (exact) mass is 211 g/mol. The molecule has 0 saturated heterocycles. The van der Waals surface area contributed by atoms with Crippen molar-refractivity contribution in [3.05, 3.63) is 18.0 Å². The number of aromatic nitrogens is 2. The normalized spacial score (nSPS) is 14.2. The van der Waals surface area contributed by atoms with Gasteiger partial charge in [-0.1, -0.05) is 20.8 Å². The molecule has 0 fully saturated rings. The van der Waals surface area contributed by atoms with Crippen LogP contribution in [-0.2, 0) is 13.6 Å². The van der Waals surface area contributed by atoms with Crippen LogP contribution in [0, 0.1) is 5.41 Å². The van der Waals surface area contributed by atoms with E-state index in [1.165, 1.54) is 0 Å². The Balaban J connectivity index is 2.48. The van der Waals surface area contributed by atoms with Gasteiger partial charge in [0.1, 0.15) is 0 Å². The first kappa shape index (κ1) is 12.2. The van der Waals surface area contributed by atoms with Crippen molar-refractivity contribution in [3.63, 3.8) is 0 Å². The quantitative estimate of drug-likeness (QED) is 0.778. The van der Waals surface area contributed by atoms with Crippen LogP contribution in [0.15, 0.2) is 12.3 Å². The van der Waals surface area contributed by atoms with Gasteiger partial charge in [-0.15, -0.1) is 0 Å². The molecule has 0 bridgehead atoms. The first-order chi connectivity index (χ1) is 6.93. The highest BCUT2D eigenvalue weighted by Gasteiger charge is 2.23. The zero-order chi connectivity index (χ0) is 11.5. The lowest BCUT2D eigenvalue weighted by Crippen LogP contribution is -2.42. The summed E-state index contributed by atoms with van der Waals surface area (Å²) in [5.74, 6) is 0. The number of hydrogen-bond acceptors (Lipinski definition) is 3. The number of nitrogens with zero attached hydrogens (tertiary/aromatic N) is 2. The fourth-order valence-electron chi connectivity index (χ4n) is 1.43. The summed E-state index contributed by atoms with van der Waals surface area (Å²) >= 11 is 0.